The number of ether oxygens (including phenoxy) is 1. The van der Waals surface area contributed by atoms with Crippen LogP contribution >= 0.6 is 35.3 Å². The Hall–Kier alpha value is 0.200. The summed E-state index contributed by atoms with van der Waals surface area (Å²) in [5, 5.41) is 3.40. The van der Waals surface area contributed by atoms with E-state index in [0.717, 1.165) is 22.4 Å². The van der Waals surface area contributed by atoms with Crippen LogP contribution in [0.4, 0.5) is 0 Å². The second-order valence-electron chi connectivity index (χ2n) is 3.93. The van der Waals surface area contributed by atoms with Gasteiger partial charge >= 0.3 is 0 Å². The molecule has 1 N–H and O–H groups in total. The molecule has 1 aliphatic rings. The average molecular weight is 268 g/mol. The lowest BCUT2D eigenvalue weighted by Crippen LogP contribution is -2.49. The predicted molar refractivity (Wildman–Crippen MR) is 67.0 cm³/mol. The van der Waals surface area contributed by atoms with E-state index in [-0.39, 0.29) is 18.1 Å². The third-order valence-corrected chi connectivity index (χ3v) is 3.92. The summed E-state index contributed by atoms with van der Waals surface area (Å²) < 4.78 is 6.63. The summed E-state index contributed by atoms with van der Waals surface area (Å²) in [7, 11) is 0. The van der Waals surface area contributed by atoms with E-state index in [1.54, 1.807) is 11.3 Å². The lowest BCUT2D eigenvalue weighted by Gasteiger charge is -2.37. The minimum atomic E-state index is -0.343. The highest BCUT2D eigenvalue weighted by molar-refractivity contribution is 7.16. The lowest BCUT2D eigenvalue weighted by atomic mass is 10.1. The molecule has 1 aromatic rings. The molecular weight excluding hydrogens is 253 g/mol. The zero-order valence-electron chi connectivity index (χ0n) is 8.75. The van der Waals surface area contributed by atoms with Gasteiger partial charge in [0.05, 0.1) is 15.8 Å². The van der Waals surface area contributed by atoms with Crippen molar-refractivity contribution < 1.29 is 4.74 Å². The molecule has 15 heavy (non-hydrogen) atoms. The molecule has 2 unspecified atom stereocenters. The fraction of sp³-hybridized carbons (Fsp3) is 0.600. The molecule has 0 aromatic carbocycles. The minimum Gasteiger partial charge on any atom is -0.355 e. The minimum absolute atomic E-state index is 0. The molecule has 0 saturated carbocycles. The second-order valence-corrected chi connectivity index (χ2v) is 5.65. The summed E-state index contributed by atoms with van der Waals surface area (Å²) in [6.45, 7) is 6.03. The molecule has 0 spiro atoms. The van der Waals surface area contributed by atoms with E-state index in [9.17, 15) is 0 Å². The van der Waals surface area contributed by atoms with E-state index in [2.05, 4.69) is 19.2 Å². The maximum atomic E-state index is 5.91. The molecule has 0 bridgehead atoms. The number of hydrogen-bond donors (Lipinski definition) is 1. The van der Waals surface area contributed by atoms with Crippen molar-refractivity contribution in [1.29, 1.82) is 0 Å². The van der Waals surface area contributed by atoms with E-state index < -0.39 is 0 Å². The van der Waals surface area contributed by atoms with Crippen LogP contribution in [0.3, 0.4) is 0 Å². The molecule has 2 heterocycles. The van der Waals surface area contributed by atoms with Crippen LogP contribution in [0.2, 0.25) is 4.34 Å². The van der Waals surface area contributed by atoms with Crippen LogP contribution in [0.1, 0.15) is 18.7 Å². The zero-order valence-corrected chi connectivity index (χ0v) is 11.1. The Balaban J connectivity index is 0.00000112. The van der Waals surface area contributed by atoms with Gasteiger partial charge in [0.2, 0.25) is 0 Å². The van der Waals surface area contributed by atoms with Crippen molar-refractivity contribution in [3.05, 3.63) is 21.3 Å². The van der Waals surface area contributed by atoms with Gasteiger partial charge in [0, 0.05) is 6.54 Å². The molecule has 2 atom stereocenters. The summed E-state index contributed by atoms with van der Waals surface area (Å²) in [4.78, 5) is 1.15. The summed E-state index contributed by atoms with van der Waals surface area (Å²) in [5.41, 5.74) is -0.343. The Morgan fingerprint density at radius 1 is 1.60 bits per heavy atom. The highest BCUT2D eigenvalue weighted by atomic mass is 35.5. The van der Waals surface area contributed by atoms with Crippen molar-refractivity contribution in [2.24, 2.45) is 5.92 Å². The molecular formula is C10H15Cl2NOS. The first-order valence-electron chi connectivity index (χ1n) is 4.75. The number of hydrogen-bond acceptors (Lipinski definition) is 3. The Kier molecular flexibility index (Phi) is 4.44. The van der Waals surface area contributed by atoms with Crippen LogP contribution in [0.25, 0.3) is 0 Å². The molecule has 1 saturated heterocycles. The Morgan fingerprint density at radius 3 is 2.80 bits per heavy atom. The van der Waals surface area contributed by atoms with Crippen molar-refractivity contribution in [2.45, 2.75) is 19.6 Å². The van der Waals surface area contributed by atoms with Crippen LogP contribution in [0.5, 0.6) is 0 Å². The second kappa shape index (κ2) is 5.02. The Morgan fingerprint density at radius 2 is 2.33 bits per heavy atom. The van der Waals surface area contributed by atoms with Crippen molar-refractivity contribution in [3.8, 4) is 0 Å². The largest absolute Gasteiger partial charge is 0.355 e. The molecule has 1 aliphatic heterocycles. The summed E-state index contributed by atoms with van der Waals surface area (Å²) in [6, 6.07) is 3.94. The molecule has 1 fully saturated rings. The lowest BCUT2D eigenvalue weighted by molar-refractivity contribution is -0.104. The van der Waals surface area contributed by atoms with Gasteiger partial charge < -0.3 is 4.74 Å². The number of nitrogens with one attached hydrogen (secondary N) is 1. The summed E-state index contributed by atoms with van der Waals surface area (Å²) in [5.74, 6) is 0.582. The van der Waals surface area contributed by atoms with Gasteiger partial charge in [-0.3, -0.25) is 5.32 Å². The molecule has 2 rings (SSSR count). The molecule has 2 nitrogen and oxygen atoms in total. The molecule has 0 amide bonds. The first kappa shape index (κ1) is 13.3. The van der Waals surface area contributed by atoms with Crippen molar-refractivity contribution in [1.82, 2.24) is 5.32 Å². The number of rotatable bonds is 1. The number of thiophene rings is 1. The molecule has 86 valence electrons. The maximum Gasteiger partial charge on any atom is 0.151 e. The van der Waals surface area contributed by atoms with Crippen LogP contribution in [0, 0.1) is 5.92 Å². The van der Waals surface area contributed by atoms with Gasteiger partial charge in [-0.15, -0.1) is 23.7 Å². The van der Waals surface area contributed by atoms with E-state index in [1.165, 1.54) is 0 Å². The zero-order chi connectivity index (χ0) is 10.2. The molecule has 0 radical (unpaired) electrons. The number of halogens is 2. The normalized spacial score (nSPS) is 31.0. The van der Waals surface area contributed by atoms with Crippen LogP contribution in [0.15, 0.2) is 12.1 Å². The molecule has 5 heteroatoms. The smallest absolute Gasteiger partial charge is 0.151 e. The fourth-order valence-electron chi connectivity index (χ4n) is 1.52. The quantitative estimate of drug-likeness (QED) is 0.844. The monoisotopic (exact) mass is 267 g/mol. The van der Waals surface area contributed by atoms with E-state index in [0.29, 0.717) is 5.92 Å². The van der Waals surface area contributed by atoms with Gasteiger partial charge in [0.15, 0.2) is 5.72 Å². The van der Waals surface area contributed by atoms with Crippen molar-refractivity contribution >= 4 is 35.3 Å². The summed E-state index contributed by atoms with van der Waals surface area (Å²) in [6.07, 6.45) is 0. The highest BCUT2D eigenvalue weighted by Gasteiger charge is 2.33. The van der Waals surface area contributed by atoms with Gasteiger partial charge in [-0.1, -0.05) is 18.5 Å². The summed E-state index contributed by atoms with van der Waals surface area (Å²) >= 11 is 7.48. The Bertz CT molecular complexity index is 321. The van der Waals surface area contributed by atoms with Crippen LogP contribution < -0.4 is 5.32 Å². The van der Waals surface area contributed by atoms with Gasteiger partial charge in [-0.25, -0.2) is 0 Å². The third-order valence-electron chi connectivity index (χ3n) is 2.49. The molecule has 1 aromatic heterocycles. The van der Waals surface area contributed by atoms with Crippen molar-refractivity contribution in [2.75, 3.05) is 13.2 Å². The van der Waals surface area contributed by atoms with Gasteiger partial charge in [0.1, 0.15) is 0 Å². The van der Waals surface area contributed by atoms with E-state index in [1.807, 2.05) is 12.1 Å². The predicted octanol–water partition coefficient (Wildman–Crippen LogP) is 3.25. The van der Waals surface area contributed by atoms with Gasteiger partial charge in [0.25, 0.3) is 0 Å². The van der Waals surface area contributed by atoms with Crippen LogP contribution in [-0.2, 0) is 10.5 Å². The first-order chi connectivity index (χ1) is 6.60. The third kappa shape index (κ3) is 2.86. The Labute approximate surface area is 105 Å². The van der Waals surface area contributed by atoms with Crippen LogP contribution in [-0.4, -0.2) is 13.2 Å². The van der Waals surface area contributed by atoms with Crippen molar-refractivity contribution in [3.63, 3.8) is 0 Å². The maximum absolute atomic E-state index is 5.91. The SMILES string of the molecule is CC1CNC(C)(c2ccc(Cl)s2)OC1.Cl. The molecule has 0 aliphatic carbocycles. The van der Waals surface area contributed by atoms with Gasteiger partial charge in [-0.2, -0.15) is 0 Å². The topological polar surface area (TPSA) is 21.3 Å². The van der Waals surface area contributed by atoms with E-state index in [4.69, 9.17) is 16.3 Å². The van der Waals surface area contributed by atoms with Gasteiger partial charge in [-0.05, 0) is 25.0 Å². The fourth-order valence-corrected chi connectivity index (χ4v) is 2.64. The average Bonchev–Trinajstić information content (AvgIpc) is 2.58. The standard InChI is InChI=1S/C10H14ClNOS.ClH/c1-7-5-12-10(2,13-6-7)8-3-4-9(11)14-8;/h3-4,7,12H,5-6H2,1-2H3;1H. The van der Waals surface area contributed by atoms with E-state index >= 15 is 0 Å². The first-order valence-corrected chi connectivity index (χ1v) is 5.94. The highest BCUT2D eigenvalue weighted by Crippen LogP contribution is 2.33.